The first-order valence-electron chi connectivity index (χ1n) is 10.4. The van der Waals surface area contributed by atoms with Gasteiger partial charge in [0.15, 0.2) is 11.4 Å². The van der Waals surface area contributed by atoms with Crippen LogP contribution in [0.1, 0.15) is 54.1 Å². The van der Waals surface area contributed by atoms with Crippen LogP contribution in [0.2, 0.25) is 0 Å². The van der Waals surface area contributed by atoms with Gasteiger partial charge in [-0.05, 0) is 39.3 Å². The molecular weight excluding hydrogens is 382 g/mol. The number of aryl methyl sites for hydroxylation is 1. The predicted molar refractivity (Wildman–Crippen MR) is 115 cm³/mol. The molecular formula is C21H29N7O2. The maximum atomic E-state index is 13.1. The molecule has 3 heterocycles. The molecule has 0 aromatic carbocycles. The van der Waals surface area contributed by atoms with E-state index in [2.05, 4.69) is 33.9 Å². The van der Waals surface area contributed by atoms with Gasteiger partial charge in [0.05, 0.1) is 11.8 Å². The monoisotopic (exact) mass is 411 g/mol. The van der Waals surface area contributed by atoms with Crippen molar-refractivity contribution in [3.8, 4) is 0 Å². The van der Waals surface area contributed by atoms with E-state index in [1.807, 2.05) is 32.2 Å². The van der Waals surface area contributed by atoms with Crippen molar-refractivity contribution in [2.45, 2.75) is 34.1 Å². The Kier molecular flexibility index (Phi) is 6.49. The van der Waals surface area contributed by atoms with Crippen LogP contribution in [0.4, 0.5) is 5.95 Å². The minimum absolute atomic E-state index is 0.147. The van der Waals surface area contributed by atoms with Gasteiger partial charge in [0.25, 0.3) is 5.91 Å². The van der Waals surface area contributed by atoms with Crippen LogP contribution < -0.4 is 4.90 Å². The fourth-order valence-corrected chi connectivity index (χ4v) is 3.53. The lowest BCUT2D eigenvalue weighted by molar-refractivity contribution is 0.0766. The van der Waals surface area contributed by atoms with Gasteiger partial charge in [-0.25, -0.2) is 4.52 Å². The zero-order valence-corrected chi connectivity index (χ0v) is 18.3. The smallest absolute Gasteiger partial charge is 0.257 e. The maximum absolute atomic E-state index is 13.1. The number of hydrogen-bond donors (Lipinski definition) is 0. The van der Waals surface area contributed by atoms with Crippen LogP contribution in [-0.4, -0.2) is 67.1 Å². The van der Waals surface area contributed by atoms with Crippen LogP contribution in [0.5, 0.6) is 0 Å². The quantitative estimate of drug-likeness (QED) is 0.502. The minimum atomic E-state index is -0.174. The molecule has 3 rings (SSSR count). The second kappa shape index (κ2) is 9.06. The Labute approximate surface area is 176 Å². The van der Waals surface area contributed by atoms with Gasteiger partial charge in [0.1, 0.15) is 5.69 Å². The van der Waals surface area contributed by atoms with Crippen LogP contribution in [0.15, 0.2) is 24.5 Å². The zero-order valence-electron chi connectivity index (χ0n) is 18.3. The lowest BCUT2D eigenvalue weighted by Gasteiger charge is -2.18. The van der Waals surface area contributed by atoms with E-state index in [1.165, 1.54) is 10.9 Å². The molecule has 0 saturated heterocycles. The molecule has 0 N–H and O–H groups in total. The van der Waals surface area contributed by atoms with Crippen LogP contribution in [-0.2, 0) is 13.5 Å². The molecule has 0 spiro atoms. The summed E-state index contributed by atoms with van der Waals surface area (Å²) in [5.41, 5.74) is 2.20. The lowest BCUT2D eigenvalue weighted by atomic mass is 10.1. The van der Waals surface area contributed by atoms with E-state index in [0.29, 0.717) is 30.3 Å². The molecule has 0 aliphatic heterocycles. The van der Waals surface area contributed by atoms with Crippen LogP contribution >= 0.6 is 0 Å². The molecule has 3 aromatic heterocycles. The van der Waals surface area contributed by atoms with Crippen molar-refractivity contribution in [2.75, 3.05) is 31.1 Å². The zero-order chi connectivity index (χ0) is 21.8. The van der Waals surface area contributed by atoms with E-state index < -0.39 is 0 Å². The molecule has 0 aliphatic rings. The third-order valence-electron chi connectivity index (χ3n) is 5.28. The average Bonchev–Trinajstić information content (AvgIpc) is 3.32. The van der Waals surface area contributed by atoms with Crippen molar-refractivity contribution in [2.24, 2.45) is 7.05 Å². The summed E-state index contributed by atoms with van der Waals surface area (Å²) in [6.45, 7) is 10.8. The third kappa shape index (κ3) is 4.05. The molecule has 1 amide bonds. The largest absolute Gasteiger partial charge is 0.340 e. The van der Waals surface area contributed by atoms with Crippen LogP contribution in [0, 0.1) is 0 Å². The molecule has 0 fully saturated rings. The van der Waals surface area contributed by atoms with Gasteiger partial charge in [-0.1, -0.05) is 6.07 Å². The highest BCUT2D eigenvalue weighted by molar-refractivity contribution is 6.07. The number of fused-ring (bicyclic) bond motifs is 1. The van der Waals surface area contributed by atoms with Crippen molar-refractivity contribution >= 4 is 23.3 Å². The molecule has 0 saturated carbocycles. The Morgan fingerprint density at radius 1 is 1.03 bits per heavy atom. The highest BCUT2D eigenvalue weighted by Crippen LogP contribution is 2.16. The SMILES string of the molecule is CCN(CC)C(=O)c1cnn(C)c1C(=O)Cc1ccc2nc(N(CC)CC)nn2c1. The van der Waals surface area contributed by atoms with E-state index in [9.17, 15) is 9.59 Å². The fourth-order valence-electron chi connectivity index (χ4n) is 3.53. The molecule has 3 aromatic rings. The van der Waals surface area contributed by atoms with Crippen LogP contribution in [0.3, 0.4) is 0 Å². The molecule has 0 bridgehead atoms. The first-order valence-corrected chi connectivity index (χ1v) is 10.4. The number of carbonyl (C=O) groups excluding carboxylic acids is 2. The Hall–Kier alpha value is -3.23. The normalized spacial score (nSPS) is 11.1. The van der Waals surface area contributed by atoms with Gasteiger partial charge in [0.2, 0.25) is 5.95 Å². The summed E-state index contributed by atoms with van der Waals surface area (Å²) in [5.74, 6) is 0.336. The van der Waals surface area contributed by atoms with E-state index in [0.717, 1.165) is 24.3 Å². The topological polar surface area (TPSA) is 88.6 Å². The minimum Gasteiger partial charge on any atom is -0.340 e. The molecule has 9 heteroatoms. The number of rotatable bonds is 9. The van der Waals surface area contributed by atoms with E-state index in [4.69, 9.17) is 0 Å². The standard InChI is InChI=1S/C21H29N7O2/c1-6-26(7-2)20(30)16-13-22-25(5)19(16)17(29)12-15-10-11-18-23-21(24-28(18)14-15)27(8-3)9-4/h10-11,13-14H,6-9,12H2,1-5H3. The Morgan fingerprint density at radius 3 is 2.37 bits per heavy atom. The molecule has 0 atom stereocenters. The Bertz CT molecular complexity index is 1040. The maximum Gasteiger partial charge on any atom is 0.257 e. The van der Waals surface area contributed by atoms with Crippen molar-refractivity contribution in [3.63, 3.8) is 0 Å². The second-order valence-electron chi connectivity index (χ2n) is 7.03. The van der Waals surface area contributed by atoms with E-state index >= 15 is 0 Å². The van der Waals surface area contributed by atoms with Gasteiger partial charge >= 0.3 is 0 Å². The first-order chi connectivity index (χ1) is 14.4. The number of pyridine rings is 1. The van der Waals surface area contributed by atoms with Crippen molar-refractivity contribution < 1.29 is 9.59 Å². The van der Waals surface area contributed by atoms with Gasteiger partial charge in [-0.15, -0.1) is 5.10 Å². The fraction of sp³-hybridized carbons (Fsp3) is 0.476. The number of aromatic nitrogens is 5. The number of carbonyl (C=O) groups is 2. The summed E-state index contributed by atoms with van der Waals surface area (Å²) < 4.78 is 3.17. The molecule has 30 heavy (non-hydrogen) atoms. The third-order valence-corrected chi connectivity index (χ3v) is 5.28. The Balaban J connectivity index is 1.87. The highest BCUT2D eigenvalue weighted by atomic mass is 16.2. The first kappa shape index (κ1) is 21.5. The van der Waals surface area contributed by atoms with E-state index in [1.54, 1.807) is 16.5 Å². The second-order valence-corrected chi connectivity index (χ2v) is 7.03. The molecule has 0 aliphatic carbocycles. The Morgan fingerprint density at radius 2 is 1.73 bits per heavy atom. The van der Waals surface area contributed by atoms with Gasteiger partial charge in [0, 0.05) is 45.8 Å². The van der Waals surface area contributed by atoms with Gasteiger partial charge < -0.3 is 9.80 Å². The highest BCUT2D eigenvalue weighted by Gasteiger charge is 2.25. The number of nitrogens with zero attached hydrogens (tertiary/aromatic N) is 7. The van der Waals surface area contributed by atoms with Gasteiger partial charge in [-0.3, -0.25) is 14.3 Å². The molecule has 0 unspecified atom stereocenters. The number of anilines is 1. The number of Topliss-reactive ketones (excluding diaryl/α,β-unsaturated/α-hetero) is 1. The molecule has 9 nitrogen and oxygen atoms in total. The van der Waals surface area contributed by atoms with E-state index in [-0.39, 0.29) is 18.1 Å². The number of ketones is 1. The summed E-state index contributed by atoms with van der Waals surface area (Å²) in [5, 5.41) is 8.69. The predicted octanol–water partition coefficient (Wildman–Crippen LogP) is 2.22. The number of amides is 1. The summed E-state index contributed by atoms with van der Waals surface area (Å²) in [4.78, 5) is 34.2. The summed E-state index contributed by atoms with van der Waals surface area (Å²) >= 11 is 0. The average molecular weight is 412 g/mol. The summed E-state index contributed by atoms with van der Waals surface area (Å²) in [6, 6.07) is 3.73. The van der Waals surface area contributed by atoms with Crippen molar-refractivity contribution in [1.82, 2.24) is 29.3 Å². The number of hydrogen-bond acceptors (Lipinski definition) is 6. The van der Waals surface area contributed by atoms with Crippen molar-refractivity contribution in [1.29, 1.82) is 0 Å². The van der Waals surface area contributed by atoms with Crippen molar-refractivity contribution in [3.05, 3.63) is 41.3 Å². The molecule has 0 radical (unpaired) electrons. The molecule has 160 valence electrons. The summed E-state index contributed by atoms with van der Waals surface area (Å²) in [7, 11) is 1.68. The van der Waals surface area contributed by atoms with Gasteiger partial charge in [-0.2, -0.15) is 10.1 Å². The lowest BCUT2D eigenvalue weighted by Crippen LogP contribution is -2.31. The summed E-state index contributed by atoms with van der Waals surface area (Å²) in [6.07, 6.45) is 3.44. The van der Waals surface area contributed by atoms with Crippen LogP contribution in [0.25, 0.3) is 5.65 Å².